The van der Waals surface area contributed by atoms with Gasteiger partial charge in [0.2, 0.25) is 11.8 Å². The van der Waals surface area contributed by atoms with E-state index in [0.29, 0.717) is 25.2 Å². The van der Waals surface area contributed by atoms with Gasteiger partial charge in [0.25, 0.3) is 0 Å². The number of ether oxygens (including phenoxy) is 1. The summed E-state index contributed by atoms with van der Waals surface area (Å²) in [5, 5.41) is 20.9. The number of hydrogen-bond donors (Lipinski definition) is 3. The Morgan fingerprint density at radius 1 is 1.28 bits per heavy atom. The molecule has 0 aliphatic carbocycles. The van der Waals surface area contributed by atoms with Crippen LogP contribution in [0.5, 0.6) is 5.88 Å². The molecular formula is C22H25F3N6O5. The minimum atomic E-state index is -4.50. The summed E-state index contributed by atoms with van der Waals surface area (Å²) >= 11 is 0. The van der Waals surface area contributed by atoms with Crippen LogP contribution in [0.1, 0.15) is 30.3 Å². The Hall–Kier alpha value is -3.52. The molecule has 0 radical (unpaired) electrons. The van der Waals surface area contributed by atoms with Gasteiger partial charge in [0.15, 0.2) is 11.6 Å². The van der Waals surface area contributed by atoms with Gasteiger partial charge in [-0.2, -0.15) is 18.2 Å². The molecule has 11 nitrogen and oxygen atoms in total. The number of aliphatic hydroxyl groups excluding tert-OH is 2. The minimum Gasteiger partial charge on any atom is -0.475 e. The third-order valence-corrected chi connectivity index (χ3v) is 5.99. The van der Waals surface area contributed by atoms with Crippen LogP contribution in [-0.4, -0.2) is 81.6 Å². The predicted molar refractivity (Wildman–Crippen MR) is 121 cm³/mol. The Morgan fingerprint density at radius 2 is 2.06 bits per heavy atom. The largest absolute Gasteiger partial charge is 0.475 e. The smallest absolute Gasteiger partial charge is 0.391 e. The number of fused-ring (bicyclic) bond motifs is 4. The normalized spacial score (nSPS) is 18.4. The average molecular weight is 510 g/mol. The molecule has 2 aromatic rings. The third-order valence-electron chi connectivity index (χ3n) is 5.99. The second-order valence-corrected chi connectivity index (χ2v) is 8.66. The highest BCUT2D eigenvalue weighted by molar-refractivity contribution is 6.04. The van der Waals surface area contributed by atoms with Crippen molar-refractivity contribution in [3.05, 3.63) is 30.1 Å². The lowest BCUT2D eigenvalue weighted by molar-refractivity contribution is -0.168. The summed E-state index contributed by atoms with van der Waals surface area (Å²) in [7, 11) is 0. The van der Waals surface area contributed by atoms with Crippen LogP contribution in [0.2, 0.25) is 0 Å². The van der Waals surface area contributed by atoms with Crippen molar-refractivity contribution >= 4 is 29.3 Å². The van der Waals surface area contributed by atoms with Crippen LogP contribution in [0.15, 0.2) is 24.4 Å². The average Bonchev–Trinajstić information content (AvgIpc) is 3.25. The topological polar surface area (TPSA) is 141 Å². The number of anilines is 3. The molecule has 0 saturated carbocycles. The number of carbonyl (C=O) groups is 2. The molecule has 2 amide bonds. The van der Waals surface area contributed by atoms with Gasteiger partial charge in [0.05, 0.1) is 24.3 Å². The number of nitrogens with one attached hydrogen (secondary N) is 1. The van der Waals surface area contributed by atoms with E-state index < -0.39 is 43.0 Å². The number of urea groups is 1. The number of aromatic nitrogens is 3. The predicted octanol–water partition coefficient (Wildman–Crippen LogP) is 2.01. The number of amides is 2. The number of aliphatic hydroxyl groups is 2. The summed E-state index contributed by atoms with van der Waals surface area (Å²) in [5.41, 5.74) is 0.439. The first-order chi connectivity index (χ1) is 17.1. The Morgan fingerprint density at radius 3 is 2.78 bits per heavy atom. The number of carbonyl (C=O) groups excluding carboxylic acids is 2. The molecule has 36 heavy (non-hydrogen) atoms. The summed E-state index contributed by atoms with van der Waals surface area (Å²) in [6.45, 7) is 1.41. The van der Waals surface area contributed by atoms with Crippen molar-refractivity contribution in [2.75, 3.05) is 41.4 Å². The van der Waals surface area contributed by atoms with Gasteiger partial charge in [-0.15, -0.1) is 0 Å². The Balaban J connectivity index is 1.55. The first kappa shape index (κ1) is 25.6. The van der Waals surface area contributed by atoms with Crippen molar-refractivity contribution in [2.24, 2.45) is 5.92 Å². The first-order valence-corrected chi connectivity index (χ1v) is 11.3. The summed E-state index contributed by atoms with van der Waals surface area (Å²) in [5.74, 6) is -2.46. The molecule has 4 heterocycles. The molecule has 194 valence electrons. The SMILES string of the molecule is C[C@@H](CC(=O)c1ccc2c(n1)N(C(=O)Nc1nccc(OC[C@H](O)CO)n1)[C@H]1CCN2C1)C(F)(F)F. The van der Waals surface area contributed by atoms with Gasteiger partial charge < -0.3 is 19.8 Å². The van der Waals surface area contributed by atoms with E-state index in [1.54, 1.807) is 6.07 Å². The van der Waals surface area contributed by atoms with Crippen LogP contribution >= 0.6 is 0 Å². The van der Waals surface area contributed by atoms with Crippen molar-refractivity contribution in [1.29, 1.82) is 0 Å². The van der Waals surface area contributed by atoms with Gasteiger partial charge in [-0.25, -0.2) is 14.8 Å². The van der Waals surface area contributed by atoms with E-state index >= 15 is 0 Å². The van der Waals surface area contributed by atoms with E-state index in [-0.39, 0.29) is 36.0 Å². The number of ketones is 1. The number of halogens is 3. The highest BCUT2D eigenvalue weighted by Gasteiger charge is 2.41. The maximum Gasteiger partial charge on any atom is 0.391 e. The van der Waals surface area contributed by atoms with Gasteiger partial charge >= 0.3 is 12.2 Å². The molecular weight excluding hydrogens is 485 g/mol. The van der Waals surface area contributed by atoms with Gasteiger partial charge in [-0.3, -0.25) is 15.0 Å². The quantitative estimate of drug-likeness (QED) is 0.455. The van der Waals surface area contributed by atoms with E-state index in [2.05, 4.69) is 20.3 Å². The lowest BCUT2D eigenvalue weighted by atomic mass is 10.0. The fourth-order valence-corrected chi connectivity index (χ4v) is 4.00. The number of rotatable bonds is 8. The van der Waals surface area contributed by atoms with E-state index in [1.807, 2.05) is 4.90 Å². The molecule has 0 aromatic carbocycles. The third kappa shape index (κ3) is 5.49. The van der Waals surface area contributed by atoms with E-state index in [0.717, 1.165) is 6.92 Å². The molecule has 1 fully saturated rings. The molecule has 0 unspecified atom stereocenters. The zero-order chi connectivity index (χ0) is 26.0. The Kier molecular flexibility index (Phi) is 7.26. The Labute approximate surface area is 203 Å². The fourth-order valence-electron chi connectivity index (χ4n) is 4.00. The lowest BCUT2D eigenvalue weighted by Crippen LogP contribution is -2.48. The Bertz CT molecular complexity index is 1130. The molecule has 3 atom stereocenters. The van der Waals surface area contributed by atoms with Crippen LogP contribution < -0.4 is 19.9 Å². The fraction of sp³-hybridized carbons (Fsp3) is 0.500. The maximum absolute atomic E-state index is 13.3. The summed E-state index contributed by atoms with van der Waals surface area (Å²) in [6, 6.07) is 3.47. The number of hydrogen-bond acceptors (Lipinski definition) is 9. The molecule has 1 saturated heterocycles. The monoisotopic (exact) mass is 510 g/mol. The standard InChI is InChI=1S/C22H25F3N6O5/c1-12(22(23,24)25)8-17(34)15-2-3-16-19(27-15)31(13-5-7-30(16)9-13)21(35)29-20-26-6-4-18(28-20)36-11-14(33)10-32/h2-4,6,12-14,32-33H,5,7-11H2,1H3,(H,26,28,29,35)/t12-,13-,14+/m0/s1. The van der Waals surface area contributed by atoms with Crippen molar-refractivity contribution in [3.8, 4) is 5.88 Å². The zero-order valence-corrected chi connectivity index (χ0v) is 19.3. The molecule has 4 rings (SSSR count). The second kappa shape index (κ2) is 10.2. The van der Waals surface area contributed by atoms with Gasteiger partial charge in [-0.05, 0) is 18.6 Å². The molecule has 3 N–H and O–H groups in total. The van der Waals surface area contributed by atoms with Crippen LogP contribution in [0, 0.1) is 5.92 Å². The molecule has 2 bridgehead atoms. The van der Waals surface area contributed by atoms with E-state index in [9.17, 15) is 27.9 Å². The number of alkyl halides is 3. The van der Waals surface area contributed by atoms with Crippen molar-refractivity contribution in [1.82, 2.24) is 15.0 Å². The van der Waals surface area contributed by atoms with Crippen LogP contribution in [0.3, 0.4) is 0 Å². The zero-order valence-electron chi connectivity index (χ0n) is 19.3. The number of pyridine rings is 1. The van der Waals surface area contributed by atoms with Crippen LogP contribution in [-0.2, 0) is 0 Å². The van der Waals surface area contributed by atoms with Crippen molar-refractivity contribution in [2.45, 2.75) is 38.1 Å². The highest BCUT2D eigenvalue weighted by atomic mass is 19.4. The maximum atomic E-state index is 13.3. The molecule has 14 heteroatoms. The van der Waals surface area contributed by atoms with E-state index in [4.69, 9.17) is 9.84 Å². The molecule has 2 aliphatic rings. The minimum absolute atomic E-state index is 0.0590. The van der Waals surface area contributed by atoms with Crippen LogP contribution in [0.4, 0.5) is 35.4 Å². The lowest BCUT2D eigenvalue weighted by Gasteiger charge is -2.35. The summed E-state index contributed by atoms with van der Waals surface area (Å²) in [6.07, 6.45) is -4.40. The van der Waals surface area contributed by atoms with Gasteiger partial charge in [0.1, 0.15) is 18.4 Å². The van der Waals surface area contributed by atoms with Crippen molar-refractivity contribution in [3.63, 3.8) is 0 Å². The summed E-state index contributed by atoms with van der Waals surface area (Å²) < 4.78 is 44.1. The van der Waals surface area contributed by atoms with Gasteiger partial charge in [0, 0.05) is 31.8 Å². The molecule has 0 spiro atoms. The first-order valence-electron chi connectivity index (χ1n) is 11.3. The number of Topliss-reactive ketones (excluding diaryl/α,β-unsaturated/α-hetero) is 1. The van der Waals surface area contributed by atoms with E-state index in [1.165, 1.54) is 23.2 Å². The molecule has 2 aliphatic heterocycles. The van der Waals surface area contributed by atoms with Crippen molar-refractivity contribution < 1.29 is 37.7 Å². The highest BCUT2D eigenvalue weighted by Crippen LogP contribution is 2.39. The summed E-state index contributed by atoms with van der Waals surface area (Å²) in [4.78, 5) is 41.5. The number of nitrogens with zero attached hydrogens (tertiary/aromatic N) is 5. The second-order valence-electron chi connectivity index (χ2n) is 8.66. The molecule has 2 aromatic heterocycles. The van der Waals surface area contributed by atoms with Gasteiger partial charge in [-0.1, -0.05) is 6.92 Å². The van der Waals surface area contributed by atoms with Crippen LogP contribution in [0.25, 0.3) is 0 Å².